The molecule has 2 atom stereocenters. The summed E-state index contributed by atoms with van der Waals surface area (Å²) in [6.45, 7) is 4.16. The van der Waals surface area contributed by atoms with Gasteiger partial charge in [0, 0.05) is 36.5 Å². The SMILES string of the molecule is CN1CCC[C@@]2(C)[C@@H]1CCCN2C(=O)c1ccnc(Cc2cccc(F)c2)c1. The Hall–Kier alpha value is -2.27. The number of likely N-dealkylation sites (tertiary alicyclic amines) is 2. The lowest BCUT2D eigenvalue weighted by molar-refractivity contribution is -0.0346. The molecule has 0 aliphatic carbocycles. The molecule has 0 spiro atoms. The van der Waals surface area contributed by atoms with Crippen molar-refractivity contribution >= 4 is 5.91 Å². The molecule has 2 fully saturated rings. The van der Waals surface area contributed by atoms with Crippen LogP contribution in [0.1, 0.15) is 54.2 Å². The van der Waals surface area contributed by atoms with Crippen molar-refractivity contribution < 1.29 is 9.18 Å². The van der Waals surface area contributed by atoms with E-state index in [1.54, 1.807) is 18.3 Å². The van der Waals surface area contributed by atoms with Gasteiger partial charge in [-0.1, -0.05) is 12.1 Å². The summed E-state index contributed by atoms with van der Waals surface area (Å²) in [6.07, 6.45) is 6.57. The van der Waals surface area contributed by atoms with Gasteiger partial charge in [0.2, 0.25) is 0 Å². The van der Waals surface area contributed by atoms with E-state index in [4.69, 9.17) is 0 Å². The number of carbonyl (C=O) groups excluding carboxylic acids is 1. The molecule has 2 aliphatic rings. The number of aromatic nitrogens is 1. The molecule has 0 unspecified atom stereocenters. The monoisotopic (exact) mass is 381 g/mol. The first-order chi connectivity index (χ1) is 13.5. The fourth-order valence-electron chi connectivity index (χ4n) is 5.08. The Morgan fingerprint density at radius 3 is 2.93 bits per heavy atom. The van der Waals surface area contributed by atoms with E-state index in [0.717, 1.165) is 50.0 Å². The van der Waals surface area contributed by atoms with Gasteiger partial charge in [0.1, 0.15) is 5.82 Å². The van der Waals surface area contributed by atoms with Crippen molar-refractivity contribution in [3.05, 3.63) is 65.2 Å². The Bertz CT molecular complexity index is 870. The number of pyridine rings is 1. The van der Waals surface area contributed by atoms with Gasteiger partial charge in [-0.05, 0) is 76.0 Å². The van der Waals surface area contributed by atoms with Gasteiger partial charge in [-0.3, -0.25) is 9.78 Å². The molecule has 4 rings (SSSR count). The first-order valence-electron chi connectivity index (χ1n) is 10.2. The molecule has 28 heavy (non-hydrogen) atoms. The number of hydrogen-bond donors (Lipinski definition) is 0. The number of nitrogens with zero attached hydrogens (tertiary/aromatic N) is 3. The Balaban J connectivity index is 1.58. The molecule has 2 aromatic rings. The van der Waals surface area contributed by atoms with Crippen molar-refractivity contribution in [2.24, 2.45) is 0 Å². The molecule has 2 aliphatic heterocycles. The predicted molar refractivity (Wildman–Crippen MR) is 108 cm³/mol. The van der Waals surface area contributed by atoms with E-state index in [0.29, 0.717) is 18.0 Å². The summed E-state index contributed by atoms with van der Waals surface area (Å²) in [4.78, 5) is 22.4. The number of hydrogen-bond acceptors (Lipinski definition) is 3. The predicted octanol–water partition coefficient (Wildman–Crippen LogP) is 3.90. The number of fused-ring (bicyclic) bond motifs is 1. The third-order valence-corrected chi connectivity index (χ3v) is 6.50. The molecule has 0 N–H and O–H groups in total. The van der Waals surface area contributed by atoms with E-state index in [-0.39, 0.29) is 17.3 Å². The van der Waals surface area contributed by atoms with Crippen LogP contribution in [-0.4, -0.2) is 52.4 Å². The smallest absolute Gasteiger partial charge is 0.254 e. The topological polar surface area (TPSA) is 36.4 Å². The lowest BCUT2D eigenvalue weighted by Crippen LogP contribution is -2.66. The van der Waals surface area contributed by atoms with Gasteiger partial charge in [0.25, 0.3) is 5.91 Å². The summed E-state index contributed by atoms with van der Waals surface area (Å²) in [5.41, 5.74) is 2.21. The number of amides is 1. The minimum Gasteiger partial charge on any atom is -0.332 e. The minimum atomic E-state index is -0.251. The fourth-order valence-corrected chi connectivity index (χ4v) is 5.08. The summed E-state index contributed by atoms with van der Waals surface area (Å²) >= 11 is 0. The maximum Gasteiger partial charge on any atom is 0.254 e. The first kappa shape index (κ1) is 19.1. The highest BCUT2D eigenvalue weighted by Crippen LogP contribution is 2.39. The van der Waals surface area contributed by atoms with Crippen LogP contribution in [0.4, 0.5) is 4.39 Å². The normalized spacial score (nSPS) is 25.4. The number of piperidine rings is 2. The Morgan fingerprint density at radius 2 is 2.11 bits per heavy atom. The zero-order valence-electron chi connectivity index (χ0n) is 16.7. The lowest BCUT2D eigenvalue weighted by atomic mass is 9.76. The van der Waals surface area contributed by atoms with Crippen molar-refractivity contribution in [2.75, 3.05) is 20.1 Å². The quantitative estimate of drug-likeness (QED) is 0.809. The first-order valence-corrected chi connectivity index (χ1v) is 10.2. The highest BCUT2D eigenvalue weighted by Gasteiger charge is 2.48. The van der Waals surface area contributed by atoms with Gasteiger partial charge in [-0.15, -0.1) is 0 Å². The Morgan fingerprint density at radius 1 is 1.25 bits per heavy atom. The molecule has 1 aromatic carbocycles. The fraction of sp³-hybridized carbons (Fsp3) is 0.478. The van der Waals surface area contributed by atoms with Crippen LogP contribution < -0.4 is 0 Å². The van der Waals surface area contributed by atoms with E-state index in [1.807, 2.05) is 12.1 Å². The molecule has 1 aromatic heterocycles. The number of halogens is 1. The summed E-state index contributed by atoms with van der Waals surface area (Å²) in [5, 5.41) is 0. The van der Waals surface area contributed by atoms with Crippen LogP contribution in [0.5, 0.6) is 0 Å². The molecule has 1 amide bonds. The molecule has 148 valence electrons. The van der Waals surface area contributed by atoms with E-state index in [9.17, 15) is 9.18 Å². The van der Waals surface area contributed by atoms with Crippen molar-refractivity contribution in [1.82, 2.24) is 14.8 Å². The van der Waals surface area contributed by atoms with Crippen molar-refractivity contribution in [3.8, 4) is 0 Å². The summed E-state index contributed by atoms with van der Waals surface area (Å²) in [7, 11) is 2.18. The second kappa shape index (κ2) is 7.63. The average Bonchev–Trinajstić information content (AvgIpc) is 2.67. The van der Waals surface area contributed by atoms with Gasteiger partial charge < -0.3 is 9.80 Å². The zero-order chi connectivity index (χ0) is 19.7. The van der Waals surface area contributed by atoms with Gasteiger partial charge in [0.05, 0.1) is 5.54 Å². The Kier molecular flexibility index (Phi) is 5.19. The van der Waals surface area contributed by atoms with Crippen LogP contribution in [0, 0.1) is 5.82 Å². The number of likely N-dealkylation sites (N-methyl/N-ethyl adjacent to an activating group) is 1. The number of rotatable bonds is 3. The molecule has 0 bridgehead atoms. The molecular formula is C23H28FN3O. The number of benzene rings is 1. The maximum absolute atomic E-state index is 13.5. The molecule has 0 radical (unpaired) electrons. The lowest BCUT2D eigenvalue weighted by Gasteiger charge is -2.56. The van der Waals surface area contributed by atoms with E-state index in [2.05, 4.69) is 28.8 Å². The van der Waals surface area contributed by atoms with Gasteiger partial charge in [-0.2, -0.15) is 0 Å². The summed E-state index contributed by atoms with van der Waals surface area (Å²) in [6, 6.07) is 10.6. The molecule has 4 nitrogen and oxygen atoms in total. The second-order valence-corrected chi connectivity index (χ2v) is 8.40. The van der Waals surface area contributed by atoms with E-state index < -0.39 is 0 Å². The maximum atomic E-state index is 13.5. The molecule has 2 saturated heterocycles. The van der Waals surface area contributed by atoms with Gasteiger partial charge in [-0.25, -0.2) is 4.39 Å². The van der Waals surface area contributed by atoms with E-state index in [1.165, 1.54) is 12.1 Å². The molecule has 3 heterocycles. The van der Waals surface area contributed by atoms with Crippen LogP contribution in [0.3, 0.4) is 0 Å². The zero-order valence-corrected chi connectivity index (χ0v) is 16.7. The van der Waals surface area contributed by atoms with Crippen LogP contribution in [-0.2, 0) is 6.42 Å². The standard InChI is InChI=1S/C23H28FN3O/c1-23-10-5-12-26(2)21(23)8-4-13-27(23)22(28)18-9-11-25-20(16-18)15-17-6-3-7-19(24)14-17/h3,6-7,9,11,14,16,21H,4-5,8,10,12-13,15H2,1-2H3/t21-,23-/m0/s1. The van der Waals surface area contributed by atoms with Gasteiger partial charge in [0.15, 0.2) is 0 Å². The highest BCUT2D eigenvalue weighted by atomic mass is 19.1. The molecular weight excluding hydrogens is 353 g/mol. The third kappa shape index (κ3) is 3.55. The molecule has 0 saturated carbocycles. The van der Waals surface area contributed by atoms with Crippen LogP contribution in [0.15, 0.2) is 42.6 Å². The van der Waals surface area contributed by atoms with Crippen LogP contribution in [0.25, 0.3) is 0 Å². The van der Waals surface area contributed by atoms with Crippen molar-refractivity contribution in [2.45, 2.75) is 50.6 Å². The Labute approximate surface area is 166 Å². The van der Waals surface area contributed by atoms with E-state index >= 15 is 0 Å². The third-order valence-electron chi connectivity index (χ3n) is 6.50. The highest BCUT2D eigenvalue weighted by molar-refractivity contribution is 5.95. The second-order valence-electron chi connectivity index (χ2n) is 8.40. The summed E-state index contributed by atoms with van der Waals surface area (Å²) < 4.78 is 13.5. The summed E-state index contributed by atoms with van der Waals surface area (Å²) in [5.74, 6) is -0.163. The van der Waals surface area contributed by atoms with Gasteiger partial charge >= 0.3 is 0 Å². The average molecular weight is 381 g/mol. The minimum absolute atomic E-state index is 0.0883. The number of carbonyl (C=O) groups is 1. The van der Waals surface area contributed by atoms with Crippen molar-refractivity contribution in [1.29, 1.82) is 0 Å². The van der Waals surface area contributed by atoms with Crippen LogP contribution >= 0.6 is 0 Å². The molecule has 5 heteroatoms. The largest absolute Gasteiger partial charge is 0.332 e. The van der Waals surface area contributed by atoms with Crippen LogP contribution in [0.2, 0.25) is 0 Å². The van der Waals surface area contributed by atoms with Crippen molar-refractivity contribution in [3.63, 3.8) is 0 Å².